The van der Waals surface area contributed by atoms with Crippen LogP contribution >= 0.6 is 0 Å². The molecule has 166 valence electrons. The maximum Gasteiger partial charge on any atom is 0.244 e. The fourth-order valence-electron chi connectivity index (χ4n) is 4.03. The van der Waals surface area contributed by atoms with Crippen molar-refractivity contribution in [1.29, 1.82) is 0 Å². The minimum absolute atomic E-state index is 0.140. The summed E-state index contributed by atoms with van der Waals surface area (Å²) in [5.41, 5.74) is 2.91. The normalized spacial score (nSPS) is 16.2. The third kappa shape index (κ3) is 4.40. The topological polar surface area (TPSA) is 66.9 Å². The van der Waals surface area contributed by atoms with Gasteiger partial charge in [-0.15, -0.1) is 0 Å². The van der Waals surface area contributed by atoms with Crippen LogP contribution in [0.3, 0.4) is 0 Å². The Morgan fingerprint density at radius 3 is 2.25 bits per heavy atom. The Morgan fingerprint density at radius 1 is 0.969 bits per heavy atom. The molecule has 1 atom stereocenters. The number of rotatable bonds is 6. The van der Waals surface area contributed by atoms with Crippen LogP contribution in [0.2, 0.25) is 0 Å². The summed E-state index contributed by atoms with van der Waals surface area (Å²) in [6.07, 6.45) is 0.337. The number of ether oxygens (including phenoxy) is 1. The van der Waals surface area contributed by atoms with Crippen LogP contribution in [0.1, 0.15) is 16.7 Å². The van der Waals surface area contributed by atoms with Crippen molar-refractivity contribution in [3.05, 3.63) is 95.6 Å². The standard InChI is InChI=1S/C25H26N2O4S/c1-26(17-19-8-4-3-5-9-19)25(28)24-16-20-10-6-7-11-21(20)18-27(24)32(29,30)23-14-12-22(31-2)13-15-23/h3-15,24H,16-18H2,1-2H3. The molecule has 0 bridgehead atoms. The van der Waals surface area contributed by atoms with Gasteiger partial charge in [0.2, 0.25) is 15.9 Å². The SMILES string of the molecule is COc1ccc(S(=O)(=O)N2Cc3ccccc3CC2C(=O)N(C)Cc2ccccc2)cc1. The first-order chi connectivity index (χ1) is 15.4. The zero-order chi connectivity index (χ0) is 22.7. The zero-order valence-electron chi connectivity index (χ0n) is 18.1. The summed E-state index contributed by atoms with van der Waals surface area (Å²) in [5, 5.41) is 0. The van der Waals surface area contributed by atoms with Gasteiger partial charge in [-0.05, 0) is 47.4 Å². The summed E-state index contributed by atoms with van der Waals surface area (Å²) >= 11 is 0. The van der Waals surface area contributed by atoms with E-state index in [2.05, 4.69) is 0 Å². The van der Waals surface area contributed by atoms with Gasteiger partial charge >= 0.3 is 0 Å². The third-order valence-corrected chi connectivity index (χ3v) is 7.66. The number of methoxy groups -OCH3 is 1. The molecule has 3 aromatic carbocycles. The molecule has 1 heterocycles. The van der Waals surface area contributed by atoms with Crippen LogP contribution in [-0.2, 0) is 34.3 Å². The highest BCUT2D eigenvalue weighted by Crippen LogP contribution is 2.30. The van der Waals surface area contributed by atoms with Gasteiger partial charge in [0, 0.05) is 20.1 Å². The summed E-state index contributed by atoms with van der Waals surface area (Å²) in [5.74, 6) is 0.351. The number of benzene rings is 3. The largest absolute Gasteiger partial charge is 0.497 e. The van der Waals surface area contributed by atoms with Gasteiger partial charge in [-0.25, -0.2) is 8.42 Å². The lowest BCUT2D eigenvalue weighted by atomic mass is 9.95. The average molecular weight is 451 g/mol. The third-order valence-electron chi connectivity index (χ3n) is 5.80. The number of nitrogens with zero attached hydrogens (tertiary/aromatic N) is 2. The molecule has 0 saturated heterocycles. The van der Waals surface area contributed by atoms with Crippen LogP contribution in [0.5, 0.6) is 5.75 Å². The first kappa shape index (κ1) is 22.0. The van der Waals surface area contributed by atoms with Crippen LogP contribution in [0.15, 0.2) is 83.8 Å². The van der Waals surface area contributed by atoms with Crippen molar-refractivity contribution < 1.29 is 17.9 Å². The fraction of sp³-hybridized carbons (Fsp3) is 0.240. The lowest BCUT2D eigenvalue weighted by Gasteiger charge is -2.37. The minimum Gasteiger partial charge on any atom is -0.497 e. The number of hydrogen-bond donors (Lipinski definition) is 0. The van der Waals surface area contributed by atoms with Gasteiger partial charge in [-0.2, -0.15) is 4.31 Å². The van der Waals surface area contributed by atoms with E-state index < -0.39 is 16.1 Å². The van der Waals surface area contributed by atoms with E-state index in [1.165, 1.54) is 23.5 Å². The van der Waals surface area contributed by atoms with E-state index in [0.29, 0.717) is 18.7 Å². The van der Waals surface area contributed by atoms with Crippen molar-refractivity contribution in [3.63, 3.8) is 0 Å². The van der Waals surface area contributed by atoms with E-state index in [4.69, 9.17) is 4.74 Å². The summed E-state index contributed by atoms with van der Waals surface area (Å²) in [7, 11) is -0.654. The lowest BCUT2D eigenvalue weighted by Crippen LogP contribution is -2.52. The van der Waals surface area contributed by atoms with Crippen molar-refractivity contribution in [2.75, 3.05) is 14.2 Å². The molecule has 32 heavy (non-hydrogen) atoms. The van der Waals surface area contributed by atoms with Gasteiger partial charge in [-0.3, -0.25) is 4.79 Å². The van der Waals surface area contributed by atoms with Gasteiger partial charge in [0.1, 0.15) is 11.8 Å². The molecule has 7 heteroatoms. The molecule has 0 saturated carbocycles. The molecule has 0 aromatic heterocycles. The van der Waals surface area contributed by atoms with E-state index in [1.807, 2.05) is 54.6 Å². The van der Waals surface area contributed by atoms with E-state index in [0.717, 1.165) is 16.7 Å². The molecule has 0 aliphatic carbocycles. The predicted molar refractivity (Wildman–Crippen MR) is 123 cm³/mol. The van der Waals surface area contributed by atoms with Crippen molar-refractivity contribution >= 4 is 15.9 Å². The molecule has 0 fully saturated rings. The molecule has 1 aliphatic rings. The summed E-state index contributed by atoms with van der Waals surface area (Å²) in [6.45, 7) is 0.564. The highest BCUT2D eigenvalue weighted by molar-refractivity contribution is 7.89. The van der Waals surface area contributed by atoms with Gasteiger partial charge < -0.3 is 9.64 Å². The minimum atomic E-state index is -3.90. The van der Waals surface area contributed by atoms with Crippen molar-refractivity contribution in [3.8, 4) is 5.75 Å². The Bertz CT molecular complexity index is 1190. The first-order valence-electron chi connectivity index (χ1n) is 10.4. The molecular weight excluding hydrogens is 424 g/mol. The summed E-state index contributed by atoms with van der Waals surface area (Å²) in [4.78, 5) is 15.2. The van der Waals surface area contributed by atoms with Crippen LogP contribution < -0.4 is 4.74 Å². The maximum atomic E-state index is 13.6. The van der Waals surface area contributed by atoms with E-state index in [9.17, 15) is 13.2 Å². The molecule has 1 unspecified atom stereocenters. The maximum absolute atomic E-state index is 13.6. The fourth-order valence-corrected chi connectivity index (χ4v) is 5.59. The highest BCUT2D eigenvalue weighted by Gasteiger charge is 2.40. The van der Waals surface area contributed by atoms with E-state index in [1.54, 1.807) is 24.1 Å². The summed E-state index contributed by atoms with van der Waals surface area (Å²) in [6, 6.07) is 22.8. The Labute approximate surface area is 189 Å². The predicted octanol–water partition coefficient (Wildman–Crippen LogP) is 3.47. The second-order valence-corrected chi connectivity index (χ2v) is 9.78. The number of amides is 1. The molecule has 1 amide bonds. The highest BCUT2D eigenvalue weighted by atomic mass is 32.2. The van der Waals surface area contributed by atoms with Gasteiger partial charge in [0.05, 0.1) is 12.0 Å². The second-order valence-electron chi connectivity index (χ2n) is 7.89. The molecular formula is C25H26N2O4S. The number of hydrogen-bond acceptors (Lipinski definition) is 4. The van der Waals surface area contributed by atoms with Crippen LogP contribution in [-0.4, -0.2) is 43.7 Å². The van der Waals surface area contributed by atoms with Crippen molar-refractivity contribution in [2.45, 2.75) is 30.4 Å². The number of carbonyl (C=O) groups excluding carboxylic acids is 1. The Hall–Kier alpha value is -3.16. The molecule has 4 rings (SSSR count). The van der Waals surface area contributed by atoms with Crippen LogP contribution in [0, 0.1) is 0 Å². The Balaban J connectivity index is 1.68. The molecule has 0 N–H and O–H groups in total. The molecule has 3 aromatic rings. The quantitative estimate of drug-likeness (QED) is 0.577. The number of carbonyl (C=O) groups is 1. The second kappa shape index (κ2) is 9.14. The van der Waals surface area contributed by atoms with Crippen molar-refractivity contribution in [2.24, 2.45) is 0 Å². The monoisotopic (exact) mass is 450 g/mol. The van der Waals surface area contributed by atoms with Gasteiger partial charge in [-0.1, -0.05) is 54.6 Å². The van der Waals surface area contributed by atoms with E-state index in [-0.39, 0.29) is 17.3 Å². The van der Waals surface area contributed by atoms with Gasteiger partial charge in [0.15, 0.2) is 0 Å². The smallest absolute Gasteiger partial charge is 0.244 e. The van der Waals surface area contributed by atoms with Crippen molar-refractivity contribution in [1.82, 2.24) is 9.21 Å². The number of fused-ring (bicyclic) bond motifs is 1. The Morgan fingerprint density at radius 2 is 1.59 bits per heavy atom. The van der Waals surface area contributed by atoms with Gasteiger partial charge in [0.25, 0.3) is 0 Å². The van der Waals surface area contributed by atoms with E-state index >= 15 is 0 Å². The number of sulfonamides is 1. The lowest BCUT2D eigenvalue weighted by molar-refractivity contribution is -0.135. The molecule has 1 aliphatic heterocycles. The van der Waals surface area contributed by atoms with Crippen LogP contribution in [0.25, 0.3) is 0 Å². The first-order valence-corrected chi connectivity index (χ1v) is 11.9. The number of likely N-dealkylation sites (N-methyl/N-ethyl adjacent to an activating group) is 1. The molecule has 6 nitrogen and oxygen atoms in total. The Kier molecular flexibility index (Phi) is 6.30. The average Bonchev–Trinajstić information content (AvgIpc) is 2.83. The molecule has 0 spiro atoms. The van der Waals surface area contributed by atoms with Crippen LogP contribution in [0.4, 0.5) is 0 Å². The summed E-state index contributed by atoms with van der Waals surface area (Å²) < 4.78 is 33.7. The molecule has 0 radical (unpaired) electrons. The zero-order valence-corrected chi connectivity index (χ0v) is 19.0.